The van der Waals surface area contributed by atoms with Gasteiger partial charge in [-0.25, -0.2) is 35.1 Å². The minimum atomic E-state index is -7.10. The highest BCUT2D eigenvalue weighted by Gasteiger charge is 2.63. The van der Waals surface area contributed by atoms with Crippen molar-refractivity contribution >= 4 is 0 Å². The third-order valence-corrected chi connectivity index (χ3v) is 5.26. The molecule has 0 saturated heterocycles. The zero-order valence-electron chi connectivity index (χ0n) is 20.5. The number of hydrogen-bond acceptors (Lipinski definition) is 1. The van der Waals surface area contributed by atoms with Gasteiger partial charge in [0.25, 0.3) is 0 Å². The molecule has 0 amide bonds. The van der Waals surface area contributed by atoms with Gasteiger partial charge >= 0.3 is 18.3 Å². The van der Waals surface area contributed by atoms with Crippen LogP contribution in [0.2, 0.25) is 0 Å². The molecule has 1 N–H and O–H groups in total. The van der Waals surface area contributed by atoms with Gasteiger partial charge < -0.3 is 5.32 Å². The highest BCUT2D eigenvalue weighted by molar-refractivity contribution is 5.75. The van der Waals surface area contributed by atoms with Gasteiger partial charge in [-0.1, -0.05) is 27.2 Å². The van der Waals surface area contributed by atoms with Gasteiger partial charge in [-0.3, -0.25) is 0 Å². The van der Waals surface area contributed by atoms with Crippen LogP contribution in [0.3, 0.4) is 0 Å². The summed E-state index contributed by atoms with van der Waals surface area (Å²) >= 11 is 0. The molecule has 2 aromatic carbocycles. The Bertz CT molecular complexity index is 1170. The zero-order chi connectivity index (χ0) is 31.5. The fourth-order valence-corrected chi connectivity index (χ4v) is 3.42. The summed E-state index contributed by atoms with van der Waals surface area (Å²) in [5, 5.41) is 3.33. The summed E-state index contributed by atoms with van der Waals surface area (Å²) in [7, 11) is 0. The van der Waals surface area contributed by atoms with Crippen molar-refractivity contribution in [2.45, 2.75) is 51.9 Å². The van der Waals surface area contributed by atoms with Crippen molar-refractivity contribution in [3.8, 4) is 11.1 Å². The summed E-state index contributed by atoms with van der Waals surface area (Å²) in [5.74, 6) is -33.3. The molecule has 0 radical (unpaired) electrons. The topological polar surface area (TPSA) is 12.0 Å². The smallest absolute Gasteiger partial charge is 0.317 e. The quantitative estimate of drug-likeness (QED) is 0.187. The second kappa shape index (κ2) is 12.9. The first-order chi connectivity index (χ1) is 18.1. The van der Waals surface area contributed by atoms with E-state index in [-0.39, 0.29) is 0 Å². The van der Waals surface area contributed by atoms with Crippen LogP contribution in [0.25, 0.3) is 11.1 Å². The number of benzene rings is 2. The van der Waals surface area contributed by atoms with Gasteiger partial charge in [-0.2, -0.15) is 35.1 Å². The summed E-state index contributed by atoms with van der Waals surface area (Å²) in [6.07, 6.45) is -11.0. The Hall–Kier alpha value is -2.72. The molecule has 2 aromatic rings. The summed E-state index contributed by atoms with van der Waals surface area (Å²) in [4.78, 5) is 0. The van der Waals surface area contributed by atoms with Crippen LogP contribution in [0.1, 0.15) is 44.7 Å². The minimum absolute atomic E-state index is 0.856. The molecule has 0 spiro atoms. The van der Waals surface area contributed by atoms with Crippen LogP contribution in [0.4, 0.5) is 70.2 Å². The van der Waals surface area contributed by atoms with Crippen LogP contribution < -0.4 is 5.32 Å². The molecule has 0 aliphatic rings. The molecular formula is C23H19F16N. The van der Waals surface area contributed by atoms with Crippen LogP contribution in [-0.4, -0.2) is 19.3 Å². The van der Waals surface area contributed by atoms with Crippen LogP contribution >= 0.6 is 0 Å². The van der Waals surface area contributed by atoms with Crippen LogP contribution in [0.5, 0.6) is 0 Å². The molecule has 0 bridgehead atoms. The van der Waals surface area contributed by atoms with Crippen LogP contribution in [-0.2, 0) is 12.1 Å². The van der Waals surface area contributed by atoms with Crippen LogP contribution in [0.15, 0.2) is 0 Å². The lowest BCUT2D eigenvalue weighted by Crippen LogP contribution is -2.36. The van der Waals surface area contributed by atoms with Gasteiger partial charge in [0, 0.05) is 5.56 Å². The van der Waals surface area contributed by atoms with Gasteiger partial charge in [0.15, 0.2) is 40.7 Å². The highest BCUT2D eigenvalue weighted by Crippen LogP contribution is 2.53. The summed E-state index contributed by atoms with van der Waals surface area (Å²) < 4.78 is 214. The lowest BCUT2D eigenvalue weighted by Gasteiger charge is -2.26. The minimum Gasteiger partial charge on any atom is -0.317 e. The Labute approximate surface area is 216 Å². The van der Waals surface area contributed by atoms with Crippen LogP contribution in [0, 0.1) is 52.5 Å². The van der Waals surface area contributed by atoms with Gasteiger partial charge in [-0.05, 0) is 25.4 Å². The van der Waals surface area contributed by atoms with Crippen molar-refractivity contribution in [2.75, 3.05) is 13.1 Å². The summed E-state index contributed by atoms with van der Waals surface area (Å²) in [6, 6.07) is 0. The fourth-order valence-electron chi connectivity index (χ4n) is 3.42. The molecule has 17 heteroatoms. The Morgan fingerprint density at radius 2 is 0.975 bits per heavy atom. The van der Waals surface area contributed by atoms with Crippen molar-refractivity contribution in [3.05, 3.63) is 57.7 Å². The largest absolute Gasteiger partial charge is 0.458 e. The average Bonchev–Trinajstić information content (AvgIpc) is 2.82. The third kappa shape index (κ3) is 6.94. The first-order valence-electron chi connectivity index (χ1n) is 11.0. The maximum Gasteiger partial charge on any atom is 0.458 e. The zero-order valence-corrected chi connectivity index (χ0v) is 20.5. The molecular weight excluding hydrogens is 594 g/mol. The Balaban J connectivity index is 0.000000763. The van der Waals surface area contributed by atoms with E-state index < -0.39 is 87.1 Å². The predicted molar refractivity (Wildman–Crippen MR) is 109 cm³/mol. The van der Waals surface area contributed by atoms with E-state index in [0.717, 1.165) is 12.5 Å². The number of halogens is 16. The van der Waals surface area contributed by atoms with E-state index in [9.17, 15) is 70.2 Å². The van der Waals surface area contributed by atoms with E-state index in [1.807, 2.05) is 0 Å². The van der Waals surface area contributed by atoms with E-state index in [1.54, 1.807) is 0 Å². The normalized spacial score (nSPS) is 13.3. The first-order valence-corrected chi connectivity index (χ1v) is 11.0. The molecule has 0 aliphatic carbocycles. The van der Waals surface area contributed by atoms with Crippen molar-refractivity contribution in [2.24, 2.45) is 5.92 Å². The maximum absolute atomic E-state index is 13.9. The predicted octanol–water partition coefficient (Wildman–Crippen LogP) is 9.17. The average molecular weight is 613 g/mol. The second-order valence-electron chi connectivity index (χ2n) is 8.28. The molecule has 228 valence electrons. The number of hydrogen-bond donors (Lipinski definition) is 1. The van der Waals surface area contributed by atoms with Gasteiger partial charge in [0.05, 0.1) is 11.1 Å². The summed E-state index contributed by atoms with van der Waals surface area (Å²) in [6.45, 7) is 8.98. The Kier molecular flexibility index (Phi) is 11.3. The highest BCUT2D eigenvalue weighted by atomic mass is 19.4. The number of alkyl halides is 8. The van der Waals surface area contributed by atoms with E-state index in [2.05, 4.69) is 26.1 Å². The molecule has 1 unspecified atom stereocenters. The number of nitrogens with one attached hydrogen (secondary N) is 1. The summed E-state index contributed by atoms with van der Waals surface area (Å²) in [5.41, 5.74) is -14.2. The molecule has 40 heavy (non-hydrogen) atoms. The van der Waals surface area contributed by atoms with Gasteiger partial charge in [0.2, 0.25) is 5.82 Å². The fraction of sp³-hybridized carbons (Fsp3) is 0.478. The molecule has 0 fully saturated rings. The SMILES string of the molecule is CCCC(C)CNCC.Fc1c(F)c(F)c(-c2c(C(F)(F)F)c(F)c(F)c(F)c2C(F)(F)C(F)(F)F)c(F)c1F. The van der Waals surface area contributed by atoms with Crippen molar-refractivity contribution in [1.82, 2.24) is 5.32 Å². The molecule has 0 heterocycles. The molecule has 1 nitrogen and oxygen atoms in total. The molecule has 2 rings (SSSR count). The number of rotatable bonds is 7. The first kappa shape index (κ1) is 35.3. The Morgan fingerprint density at radius 3 is 1.35 bits per heavy atom. The van der Waals surface area contributed by atoms with E-state index in [4.69, 9.17) is 0 Å². The third-order valence-electron chi connectivity index (χ3n) is 5.26. The lowest BCUT2D eigenvalue weighted by molar-refractivity contribution is -0.290. The van der Waals surface area contributed by atoms with E-state index in [1.165, 1.54) is 19.4 Å². The van der Waals surface area contributed by atoms with Crippen molar-refractivity contribution < 1.29 is 70.2 Å². The second-order valence-corrected chi connectivity index (χ2v) is 8.28. The van der Waals surface area contributed by atoms with Crippen molar-refractivity contribution in [1.29, 1.82) is 0 Å². The molecule has 0 aromatic heterocycles. The lowest BCUT2D eigenvalue weighted by atomic mass is 9.88. The standard InChI is InChI=1S/C15F16.C8H19N/c16-5-2(6(17)10(21)12(23)9(5)20)1-3(13(24,25)15(29,30)31)7(18)11(22)8(19)4(1)14(26,27)28;1-4-6-8(3)7-9-5-2/h;8-9H,4-7H2,1-3H3. The molecule has 1 atom stereocenters. The molecule has 0 aliphatic heterocycles. The molecule has 0 saturated carbocycles. The van der Waals surface area contributed by atoms with E-state index >= 15 is 0 Å². The van der Waals surface area contributed by atoms with Gasteiger partial charge in [-0.15, -0.1) is 0 Å². The van der Waals surface area contributed by atoms with Crippen molar-refractivity contribution in [3.63, 3.8) is 0 Å². The van der Waals surface area contributed by atoms with E-state index in [0.29, 0.717) is 0 Å². The maximum atomic E-state index is 13.9. The van der Waals surface area contributed by atoms with Gasteiger partial charge in [0.1, 0.15) is 5.56 Å². The Morgan fingerprint density at radius 1 is 0.575 bits per heavy atom. The monoisotopic (exact) mass is 613 g/mol.